The maximum absolute atomic E-state index is 5.96. The fraction of sp³-hybridized carbons (Fsp3) is 0.667. The van der Waals surface area contributed by atoms with E-state index >= 15 is 0 Å². The van der Waals surface area contributed by atoms with Gasteiger partial charge in [-0.15, -0.1) is 0 Å². The third kappa shape index (κ3) is 2.78. The minimum Gasteiger partial charge on any atom is -0.476 e. The normalized spacial score (nSPS) is 15.1. The highest BCUT2D eigenvalue weighted by Crippen LogP contribution is 2.40. The van der Waals surface area contributed by atoms with Crippen molar-refractivity contribution in [2.75, 3.05) is 24.7 Å². The summed E-state index contributed by atoms with van der Waals surface area (Å²) in [6, 6.07) is 0. The average Bonchev–Trinajstić information content (AvgIpc) is 3.11. The Morgan fingerprint density at radius 2 is 2.12 bits per heavy atom. The van der Waals surface area contributed by atoms with Crippen LogP contribution in [-0.2, 0) is 0 Å². The van der Waals surface area contributed by atoms with Crippen LogP contribution in [0.4, 0.5) is 11.5 Å². The van der Waals surface area contributed by atoms with Gasteiger partial charge in [-0.1, -0.05) is 13.8 Å². The molecule has 0 unspecified atom stereocenters. The molecule has 1 aromatic rings. The molecule has 5 nitrogen and oxygen atoms in total. The Hall–Kier alpha value is -1.52. The van der Waals surface area contributed by atoms with E-state index in [2.05, 4.69) is 29.1 Å². The van der Waals surface area contributed by atoms with Gasteiger partial charge in [0.1, 0.15) is 11.5 Å². The van der Waals surface area contributed by atoms with Gasteiger partial charge >= 0.3 is 0 Å². The molecule has 1 fully saturated rings. The van der Waals surface area contributed by atoms with Crippen LogP contribution in [0.25, 0.3) is 0 Å². The minimum absolute atomic E-state index is 0.451. The van der Waals surface area contributed by atoms with Crippen molar-refractivity contribution in [2.45, 2.75) is 32.6 Å². The van der Waals surface area contributed by atoms with E-state index in [1.165, 1.54) is 0 Å². The zero-order chi connectivity index (χ0) is 12.4. The number of nitrogens with one attached hydrogen (secondary N) is 1. The van der Waals surface area contributed by atoms with E-state index < -0.39 is 0 Å². The maximum atomic E-state index is 5.96. The number of rotatable bonds is 5. The minimum atomic E-state index is 0.451. The van der Waals surface area contributed by atoms with E-state index in [0.717, 1.165) is 18.7 Å². The molecule has 0 saturated heterocycles. The van der Waals surface area contributed by atoms with Gasteiger partial charge in [0.2, 0.25) is 5.88 Å². The third-order valence-corrected chi connectivity index (χ3v) is 2.66. The van der Waals surface area contributed by atoms with E-state index in [1.807, 2.05) is 7.05 Å². The topological polar surface area (TPSA) is 73.1 Å². The van der Waals surface area contributed by atoms with Crippen LogP contribution in [0.5, 0.6) is 5.88 Å². The standard InChI is InChI=1S/C12H20N4O/c1-7(2)6-17-12-9(13)11(14-3)15-10(16-12)8-4-5-8/h7-8H,4-6,13H2,1-3H3,(H,14,15,16). The summed E-state index contributed by atoms with van der Waals surface area (Å²) in [5.41, 5.74) is 6.45. The van der Waals surface area contributed by atoms with Gasteiger partial charge in [0, 0.05) is 13.0 Å². The Kier molecular flexibility index (Phi) is 3.36. The first-order valence-electron chi connectivity index (χ1n) is 6.09. The predicted molar refractivity (Wildman–Crippen MR) is 68.3 cm³/mol. The van der Waals surface area contributed by atoms with Crippen LogP contribution < -0.4 is 15.8 Å². The molecule has 0 spiro atoms. The largest absolute Gasteiger partial charge is 0.476 e. The average molecular weight is 236 g/mol. The molecule has 1 aliphatic rings. The van der Waals surface area contributed by atoms with E-state index in [0.29, 0.717) is 35.8 Å². The van der Waals surface area contributed by atoms with Gasteiger partial charge in [-0.05, 0) is 18.8 Å². The Labute approximate surface area is 102 Å². The van der Waals surface area contributed by atoms with Crippen LogP contribution in [0, 0.1) is 5.92 Å². The van der Waals surface area contributed by atoms with Gasteiger partial charge in [0.05, 0.1) is 6.61 Å². The summed E-state index contributed by atoms with van der Waals surface area (Å²) >= 11 is 0. The molecule has 1 aliphatic carbocycles. The van der Waals surface area contributed by atoms with Gasteiger partial charge in [-0.2, -0.15) is 4.98 Å². The van der Waals surface area contributed by atoms with Gasteiger partial charge in [0.15, 0.2) is 5.82 Å². The molecule has 0 aromatic carbocycles. The molecular weight excluding hydrogens is 216 g/mol. The molecule has 3 N–H and O–H groups in total. The van der Waals surface area contributed by atoms with Crippen molar-refractivity contribution in [2.24, 2.45) is 5.92 Å². The van der Waals surface area contributed by atoms with Crippen molar-refractivity contribution in [3.63, 3.8) is 0 Å². The number of nitrogen functional groups attached to an aromatic ring is 1. The highest BCUT2D eigenvalue weighted by Gasteiger charge is 2.28. The van der Waals surface area contributed by atoms with E-state index in [1.54, 1.807) is 0 Å². The lowest BCUT2D eigenvalue weighted by molar-refractivity contribution is 0.262. The van der Waals surface area contributed by atoms with Gasteiger partial charge in [-0.25, -0.2) is 4.98 Å². The monoisotopic (exact) mass is 236 g/mol. The number of ether oxygens (including phenoxy) is 1. The van der Waals surface area contributed by atoms with Crippen molar-refractivity contribution in [3.8, 4) is 5.88 Å². The van der Waals surface area contributed by atoms with E-state index in [-0.39, 0.29) is 0 Å². The molecular formula is C12H20N4O. The van der Waals surface area contributed by atoms with Crippen LogP contribution in [-0.4, -0.2) is 23.6 Å². The number of aromatic nitrogens is 2. The van der Waals surface area contributed by atoms with Crippen LogP contribution in [0.2, 0.25) is 0 Å². The zero-order valence-corrected chi connectivity index (χ0v) is 10.7. The Morgan fingerprint density at radius 1 is 1.41 bits per heavy atom. The Morgan fingerprint density at radius 3 is 2.65 bits per heavy atom. The van der Waals surface area contributed by atoms with Crippen LogP contribution in [0.1, 0.15) is 38.4 Å². The van der Waals surface area contributed by atoms with Crippen LogP contribution in [0.15, 0.2) is 0 Å². The molecule has 17 heavy (non-hydrogen) atoms. The molecule has 0 aliphatic heterocycles. The van der Waals surface area contributed by atoms with Gasteiger partial charge in [0.25, 0.3) is 0 Å². The first-order valence-corrected chi connectivity index (χ1v) is 6.09. The third-order valence-electron chi connectivity index (χ3n) is 2.66. The van der Waals surface area contributed by atoms with Crippen LogP contribution >= 0.6 is 0 Å². The van der Waals surface area contributed by atoms with E-state index in [9.17, 15) is 0 Å². The first kappa shape index (κ1) is 12.0. The van der Waals surface area contributed by atoms with Crippen LogP contribution in [0.3, 0.4) is 0 Å². The maximum Gasteiger partial charge on any atom is 0.242 e. The van der Waals surface area contributed by atoms with Crippen molar-refractivity contribution in [1.29, 1.82) is 0 Å². The molecule has 2 rings (SSSR count). The molecule has 1 heterocycles. The molecule has 1 aromatic heterocycles. The molecule has 0 bridgehead atoms. The van der Waals surface area contributed by atoms with E-state index in [4.69, 9.17) is 10.5 Å². The summed E-state index contributed by atoms with van der Waals surface area (Å²) in [6.45, 7) is 4.81. The fourth-order valence-electron chi connectivity index (χ4n) is 1.54. The second-order valence-corrected chi connectivity index (χ2v) is 4.88. The van der Waals surface area contributed by atoms with Crippen molar-refractivity contribution in [1.82, 2.24) is 9.97 Å². The second kappa shape index (κ2) is 4.77. The molecule has 94 valence electrons. The summed E-state index contributed by atoms with van der Waals surface area (Å²) in [6.07, 6.45) is 2.33. The zero-order valence-electron chi connectivity index (χ0n) is 10.7. The number of anilines is 2. The van der Waals surface area contributed by atoms with Crippen molar-refractivity contribution >= 4 is 11.5 Å². The molecule has 5 heteroatoms. The smallest absolute Gasteiger partial charge is 0.242 e. The lowest BCUT2D eigenvalue weighted by Gasteiger charge is -2.13. The Balaban J connectivity index is 2.24. The fourth-order valence-corrected chi connectivity index (χ4v) is 1.54. The summed E-state index contributed by atoms with van der Waals surface area (Å²) < 4.78 is 5.64. The summed E-state index contributed by atoms with van der Waals surface area (Å²) in [5, 5.41) is 2.99. The molecule has 0 atom stereocenters. The lowest BCUT2D eigenvalue weighted by atomic mass is 10.2. The number of nitrogens with two attached hydrogens (primary N) is 1. The number of hydrogen-bond acceptors (Lipinski definition) is 5. The molecule has 0 amide bonds. The summed E-state index contributed by atoms with van der Waals surface area (Å²) in [4.78, 5) is 8.83. The number of hydrogen-bond donors (Lipinski definition) is 2. The lowest BCUT2D eigenvalue weighted by Crippen LogP contribution is -2.11. The highest BCUT2D eigenvalue weighted by atomic mass is 16.5. The predicted octanol–water partition coefficient (Wildman–Crippen LogP) is 2.01. The summed E-state index contributed by atoms with van der Waals surface area (Å²) in [5.74, 6) is 2.97. The van der Waals surface area contributed by atoms with Gasteiger partial charge in [-0.3, -0.25) is 0 Å². The summed E-state index contributed by atoms with van der Waals surface area (Å²) in [7, 11) is 1.81. The molecule has 1 saturated carbocycles. The van der Waals surface area contributed by atoms with Crippen molar-refractivity contribution < 1.29 is 4.74 Å². The second-order valence-electron chi connectivity index (χ2n) is 4.88. The quantitative estimate of drug-likeness (QED) is 0.818. The number of nitrogens with zero attached hydrogens (tertiary/aromatic N) is 2. The van der Waals surface area contributed by atoms with Gasteiger partial charge < -0.3 is 15.8 Å². The highest BCUT2D eigenvalue weighted by molar-refractivity contribution is 5.66. The first-order chi connectivity index (χ1) is 8.11. The van der Waals surface area contributed by atoms with Crippen molar-refractivity contribution in [3.05, 3.63) is 5.82 Å². The molecule has 0 radical (unpaired) electrons. The SMILES string of the molecule is CNc1nc(C2CC2)nc(OCC(C)C)c1N. The Bertz CT molecular complexity index is 402.